The third-order valence-corrected chi connectivity index (χ3v) is 9.25. The maximum atomic E-state index is 14.4. The van der Waals surface area contributed by atoms with Gasteiger partial charge in [-0.3, -0.25) is 19.6 Å². The number of piperidine rings is 2. The Morgan fingerprint density at radius 1 is 1.00 bits per heavy atom. The molecule has 1 spiro atoms. The molecule has 0 unspecified atom stereocenters. The number of halogens is 5. The Morgan fingerprint density at radius 3 is 2.25 bits per heavy atom. The van der Waals surface area contributed by atoms with Gasteiger partial charge in [0.05, 0.1) is 41.5 Å². The van der Waals surface area contributed by atoms with Gasteiger partial charge in [0.15, 0.2) is 0 Å². The van der Waals surface area contributed by atoms with E-state index in [2.05, 4.69) is 10.3 Å². The number of hydrogen-bond acceptors (Lipinski definition) is 7. The number of nitriles is 1. The molecule has 48 heavy (non-hydrogen) atoms. The monoisotopic (exact) mass is 668 g/mol. The standard InChI is InChI=1S/C34H33F5N6O3/c35-29-15-22(17-40)16-30(36)28(29)20-43-13-9-33(10-14-43)21-45(32(47)48-33)19-27-4-1-23(18-41-27)31(46)44-11-7-26(8-12-44)42-25-5-2-24(3-6-25)34(37,38)39/h1-6,15-16,18,26,42H,7-14,19-21H2. The van der Waals surface area contributed by atoms with Crippen LogP contribution in [-0.4, -0.2) is 76.1 Å². The fourth-order valence-electron chi connectivity index (χ4n) is 6.48. The molecule has 3 aliphatic heterocycles. The largest absolute Gasteiger partial charge is 0.441 e. The molecule has 4 heterocycles. The van der Waals surface area contributed by atoms with Gasteiger partial charge in [0.2, 0.25) is 0 Å². The smallest absolute Gasteiger partial charge is 0.416 e. The average Bonchev–Trinajstić information content (AvgIpc) is 3.37. The van der Waals surface area contributed by atoms with Crippen LogP contribution in [0.1, 0.15) is 58.4 Å². The summed E-state index contributed by atoms with van der Waals surface area (Å²) in [5.74, 6) is -1.70. The van der Waals surface area contributed by atoms with Crippen molar-refractivity contribution in [2.24, 2.45) is 0 Å². The molecule has 14 heteroatoms. The number of pyridine rings is 1. The number of carbonyl (C=O) groups excluding carboxylic acids is 2. The predicted molar refractivity (Wildman–Crippen MR) is 163 cm³/mol. The summed E-state index contributed by atoms with van der Waals surface area (Å²) in [7, 11) is 0. The molecule has 0 atom stereocenters. The molecule has 0 bridgehead atoms. The molecule has 2 aromatic carbocycles. The van der Waals surface area contributed by atoms with Crippen molar-refractivity contribution in [2.45, 2.75) is 56.6 Å². The lowest BCUT2D eigenvalue weighted by Gasteiger charge is -2.37. The van der Waals surface area contributed by atoms with E-state index in [1.165, 1.54) is 18.3 Å². The predicted octanol–water partition coefficient (Wildman–Crippen LogP) is 5.95. The number of alkyl halides is 3. The maximum absolute atomic E-state index is 14.4. The van der Waals surface area contributed by atoms with E-state index in [0.717, 1.165) is 24.3 Å². The van der Waals surface area contributed by atoms with Crippen molar-refractivity contribution >= 4 is 17.7 Å². The summed E-state index contributed by atoms with van der Waals surface area (Å²) in [6.45, 7) is 2.49. The van der Waals surface area contributed by atoms with Crippen molar-refractivity contribution in [3.63, 3.8) is 0 Å². The van der Waals surface area contributed by atoms with Crippen molar-refractivity contribution in [1.29, 1.82) is 5.26 Å². The number of carbonyl (C=O) groups is 2. The third-order valence-electron chi connectivity index (χ3n) is 9.25. The molecule has 6 rings (SSSR count). The Hall–Kier alpha value is -4.77. The molecule has 1 N–H and O–H groups in total. The maximum Gasteiger partial charge on any atom is 0.416 e. The van der Waals surface area contributed by atoms with Gasteiger partial charge in [0, 0.05) is 69.1 Å². The minimum atomic E-state index is -4.39. The molecule has 3 saturated heterocycles. The van der Waals surface area contributed by atoms with Crippen LogP contribution in [0.5, 0.6) is 0 Å². The van der Waals surface area contributed by atoms with Crippen LogP contribution in [0.15, 0.2) is 54.7 Å². The van der Waals surface area contributed by atoms with E-state index in [0.29, 0.717) is 75.4 Å². The minimum absolute atomic E-state index is 0.0237. The molecule has 252 valence electrons. The zero-order valence-corrected chi connectivity index (χ0v) is 25.9. The fourth-order valence-corrected chi connectivity index (χ4v) is 6.48. The number of anilines is 1. The van der Waals surface area contributed by atoms with Crippen molar-refractivity contribution in [3.8, 4) is 6.07 Å². The van der Waals surface area contributed by atoms with E-state index >= 15 is 0 Å². The zero-order chi connectivity index (χ0) is 34.1. The number of nitrogens with one attached hydrogen (secondary N) is 1. The average molecular weight is 669 g/mol. The molecule has 2 amide bonds. The molecular formula is C34H33F5N6O3. The summed E-state index contributed by atoms with van der Waals surface area (Å²) in [6.07, 6.45) is -1.11. The SMILES string of the molecule is N#Cc1cc(F)c(CN2CCC3(CC2)CN(Cc2ccc(C(=O)N4CCC(Nc5ccc(C(F)(F)F)cc5)CC4)cn2)C(=O)O3)c(F)c1. The summed E-state index contributed by atoms with van der Waals surface area (Å²) in [4.78, 5) is 35.5. The Bertz CT molecular complexity index is 1670. The van der Waals surface area contributed by atoms with Gasteiger partial charge in [-0.15, -0.1) is 0 Å². The summed E-state index contributed by atoms with van der Waals surface area (Å²) >= 11 is 0. The van der Waals surface area contributed by atoms with Crippen LogP contribution in [0.25, 0.3) is 0 Å². The topological polar surface area (TPSA) is 102 Å². The number of aromatic nitrogens is 1. The number of likely N-dealkylation sites (tertiary alicyclic amines) is 2. The highest BCUT2D eigenvalue weighted by molar-refractivity contribution is 5.94. The summed E-state index contributed by atoms with van der Waals surface area (Å²) < 4.78 is 73.0. The number of ether oxygens (including phenoxy) is 1. The second kappa shape index (κ2) is 13.4. The molecule has 3 aliphatic rings. The van der Waals surface area contributed by atoms with Crippen LogP contribution in [-0.2, 0) is 24.0 Å². The highest BCUT2D eigenvalue weighted by Gasteiger charge is 2.47. The van der Waals surface area contributed by atoms with E-state index in [1.54, 1.807) is 28.0 Å². The lowest BCUT2D eigenvalue weighted by Crippen LogP contribution is -2.46. The summed E-state index contributed by atoms with van der Waals surface area (Å²) in [5, 5.41) is 12.2. The lowest BCUT2D eigenvalue weighted by molar-refractivity contribution is -0.137. The summed E-state index contributed by atoms with van der Waals surface area (Å²) in [6, 6.07) is 12.1. The second-order valence-corrected chi connectivity index (χ2v) is 12.5. The first-order chi connectivity index (χ1) is 22.9. The van der Waals surface area contributed by atoms with Crippen molar-refractivity contribution in [1.82, 2.24) is 19.7 Å². The number of amides is 2. The number of benzene rings is 2. The molecular weight excluding hydrogens is 635 g/mol. The van der Waals surface area contributed by atoms with Crippen LogP contribution in [0.2, 0.25) is 0 Å². The van der Waals surface area contributed by atoms with E-state index in [1.807, 2.05) is 4.90 Å². The van der Waals surface area contributed by atoms with E-state index in [-0.39, 0.29) is 36.2 Å². The van der Waals surface area contributed by atoms with E-state index in [4.69, 9.17) is 10.00 Å². The van der Waals surface area contributed by atoms with Crippen LogP contribution in [0.4, 0.5) is 32.4 Å². The number of nitrogens with zero attached hydrogens (tertiary/aromatic N) is 5. The van der Waals surface area contributed by atoms with Crippen LogP contribution in [0, 0.1) is 23.0 Å². The quantitative estimate of drug-likeness (QED) is 0.311. The van der Waals surface area contributed by atoms with Gasteiger partial charge in [0.25, 0.3) is 5.91 Å². The van der Waals surface area contributed by atoms with Gasteiger partial charge in [-0.05, 0) is 61.4 Å². The van der Waals surface area contributed by atoms with Gasteiger partial charge in [-0.25, -0.2) is 13.6 Å². The number of rotatable bonds is 7. The van der Waals surface area contributed by atoms with Crippen LogP contribution >= 0.6 is 0 Å². The van der Waals surface area contributed by atoms with Crippen molar-refractivity contribution in [3.05, 3.63) is 94.3 Å². The fraction of sp³-hybridized carbons (Fsp3) is 0.412. The minimum Gasteiger partial charge on any atom is -0.441 e. The molecule has 3 fully saturated rings. The molecule has 0 radical (unpaired) electrons. The molecule has 0 saturated carbocycles. The van der Waals surface area contributed by atoms with Crippen molar-refractivity contribution < 1.29 is 36.3 Å². The first-order valence-electron chi connectivity index (χ1n) is 15.7. The first kappa shape index (κ1) is 33.1. The van der Waals surface area contributed by atoms with E-state index < -0.39 is 35.1 Å². The lowest BCUT2D eigenvalue weighted by atomic mass is 9.91. The molecule has 9 nitrogen and oxygen atoms in total. The first-order valence-corrected chi connectivity index (χ1v) is 15.7. The van der Waals surface area contributed by atoms with Gasteiger partial charge in [0.1, 0.15) is 17.2 Å². The van der Waals surface area contributed by atoms with Gasteiger partial charge in [-0.1, -0.05) is 0 Å². The highest BCUT2D eigenvalue weighted by atomic mass is 19.4. The molecule has 3 aromatic rings. The Morgan fingerprint density at radius 2 is 1.67 bits per heavy atom. The highest BCUT2D eigenvalue weighted by Crippen LogP contribution is 2.35. The molecule has 0 aliphatic carbocycles. The summed E-state index contributed by atoms with van der Waals surface area (Å²) in [5.41, 5.74) is 0.0110. The second-order valence-electron chi connectivity index (χ2n) is 12.5. The van der Waals surface area contributed by atoms with Crippen LogP contribution < -0.4 is 5.32 Å². The Kier molecular flexibility index (Phi) is 9.24. The van der Waals surface area contributed by atoms with Gasteiger partial charge < -0.3 is 15.0 Å². The third kappa shape index (κ3) is 7.36. The van der Waals surface area contributed by atoms with Crippen molar-refractivity contribution in [2.75, 3.05) is 38.0 Å². The van der Waals surface area contributed by atoms with E-state index in [9.17, 15) is 31.5 Å². The van der Waals surface area contributed by atoms with Gasteiger partial charge in [-0.2, -0.15) is 18.4 Å². The van der Waals surface area contributed by atoms with Crippen LogP contribution in [0.3, 0.4) is 0 Å². The van der Waals surface area contributed by atoms with Gasteiger partial charge >= 0.3 is 12.3 Å². The Balaban J connectivity index is 0.966. The Labute approximate surface area is 273 Å². The normalized spacial score (nSPS) is 18.5. The molecule has 1 aromatic heterocycles. The number of hydrogen-bond donors (Lipinski definition) is 1. The zero-order valence-electron chi connectivity index (χ0n) is 25.9.